The summed E-state index contributed by atoms with van der Waals surface area (Å²) in [4.78, 5) is 8.31. The van der Waals surface area contributed by atoms with Gasteiger partial charge in [-0.15, -0.1) is 0 Å². The maximum Gasteiger partial charge on any atom is 0.0885 e. The Morgan fingerprint density at radius 1 is 1.21 bits per heavy atom. The van der Waals surface area contributed by atoms with Crippen molar-refractivity contribution in [3.8, 4) is 0 Å². The van der Waals surface area contributed by atoms with Crippen LogP contribution in [0.15, 0.2) is 48.5 Å². The van der Waals surface area contributed by atoms with Crippen molar-refractivity contribution in [2.75, 3.05) is 0 Å². The third-order valence-electron chi connectivity index (χ3n) is 2.14. The molecule has 14 heavy (non-hydrogen) atoms. The summed E-state index contributed by atoms with van der Waals surface area (Å²) in [5, 5.41) is 0. The molecule has 0 saturated carbocycles. The molecule has 1 aliphatic carbocycles. The molecule has 2 rings (SSSR count). The Labute approximate surface area is 83.7 Å². The van der Waals surface area contributed by atoms with Crippen LogP contribution in [0.2, 0.25) is 0 Å². The Balaban J connectivity index is 2.36. The van der Waals surface area contributed by atoms with Crippen molar-refractivity contribution >= 4 is 5.57 Å². The van der Waals surface area contributed by atoms with E-state index >= 15 is 0 Å². The molecule has 0 unspecified atom stereocenters. The van der Waals surface area contributed by atoms with Gasteiger partial charge in [0.05, 0.1) is 11.9 Å². The lowest BCUT2D eigenvalue weighted by Gasteiger charge is -1.97. The third-order valence-corrected chi connectivity index (χ3v) is 2.14. The van der Waals surface area contributed by atoms with E-state index in [1.54, 1.807) is 18.6 Å². The van der Waals surface area contributed by atoms with E-state index in [0.29, 0.717) is 0 Å². The summed E-state index contributed by atoms with van der Waals surface area (Å²) in [6.07, 6.45) is 14.7. The van der Waals surface area contributed by atoms with E-state index in [4.69, 9.17) is 0 Å². The lowest BCUT2D eigenvalue weighted by molar-refractivity contribution is 1.17. The summed E-state index contributed by atoms with van der Waals surface area (Å²) < 4.78 is 0. The van der Waals surface area contributed by atoms with Gasteiger partial charge in [0.1, 0.15) is 0 Å². The number of nitrogens with zero attached hydrogens (tertiary/aromatic N) is 2. The van der Waals surface area contributed by atoms with E-state index in [9.17, 15) is 0 Å². The van der Waals surface area contributed by atoms with Crippen LogP contribution >= 0.6 is 0 Å². The molecular weight excluding hydrogens is 172 g/mol. The second kappa shape index (κ2) is 4.01. The molecule has 2 nitrogen and oxygen atoms in total. The summed E-state index contributed by atoms with van der Waals surface area (Å²) in [5.41, 5.74) is 3.41. The SMILES string of the molecule is CC1=CC=C(c2cnccn2)C=CC1. The number of aromatic nitrogens is 2. The molecule has 1 heterocycles. The summed E-state index contributed by atoms with van der Waals surface area (Å²) in [5.74, 6) is 0. The van der Waals surface area contributed by atoms with Gasteiger partial charge in [-0.05, 0) is 13.3 Å². The van der Waals surface area contributed by atoms with Gasteiger partial charge >= 0.3 is 0 Å². The highest BCUT2D eigenvalue weighted by molar-refractivity contribution is 5.73. The van der Waals surface area contributed by atoms with Crippen LogP contribution < -0.4 is 0 Å². The number of hydrogen-bond acceptors (Lipinski definition) is 2. The lowest BCUT2D eigenvalue weighted by atomic mass is 10.2. The number of hydrogen-bond donors (Lipinski definition) is 0. The van der Waals surface area contributed by atoms with Crippen LogP contribution in [-0.4, -0.2) is 9.97 Å². The molecule has 0 bridgehead atoms. The first-order valence-electron chi connectivity index (χ1n) is 4.66. The third kappa shape index (κ3) is 1.96. The molecule has 0 spiro atoms. The minimum absolute atomic E-state index is 0.926. The van der Waals surface area contributed by atoms with Gasteiger partial charge < -0.3 is 0 Å². The Morgan fingerprint density at radius 3 is 2.93 bits per heavy atom. The summed E-state index contributed by atoms with van der Waals surface area (Å²) in [7, 11) is 0. The predicted octanol–water partition coefficient (Wildman–Crippen LogP) is 2.77. The van der Waals surface area contributed by atoms with E-state index < -0.39 is 0 Å². The van der Waals surface area contributed by atoms with Crippen LogP contribution in [0, 0.1) is 0 Å². The summed E-state index contributed by atoms with van der Waals surface area (Å²) >= 11 is 0. The molecule has 1 aromatic heterocycles. The van der Waals surface area contributed by atoms with Crippen LogP contribution in [0.1, 0.15) is 19.0 Å². The Morgan fingerprint density at radius 2 is 2.14 bits per heavy atom. The molecule has 0 amide bonds. The highest BCUT2D eigenvalue weighted by Crippen LogP contribution is 2.17. The van der Waals surface area contributed by atoms with Crippen molar-refractivity contribution in [3.63, 3.8) is 0 Å². The molecule has 70 valence electrons. The molecule has 0 N–H and O–H groups in total. The summed E-state index contributed by atoms with van der Waals surface area (Å²) in [6, 6.07) is 0. The quantitative estimate of drug-likeness (QED) is 0.670. The maximum absolute atomic E-state index is 4.26. The highest BCUT2D eigenvalue weighted by Gasteiger charge is 2.00. The van der Waals surface area contributed by atoms with Crippen molar-refractivity contribution in [2.45, 2.75) is 13.3 Å². The standard InChI is InChI=1S/C12H12N2/c1-10-3-2-4-11(6-5-10)12-9-13-7-8-14-12/h2,4-9H,3H2,1H3. The van der Waals surface area contributed by atoms with Gasteiger partial charge in [-0.25, -0.2) is 0 Å². The zero-order chi connectivity index (χ0) is 9.80. The van der Waals surface area contributed by atoms with Gasteiger partial charge in [-0.2, -0.15) is 0 Å². The lowest BCUT2D eigenvalue weighted by Crippen LogP contribution is -1.86. The first-order valence-corrected chi connectivity index (χ1v) is 4.66. The van der Waals surface area contributed by atoms with E-state index in [0.717, 1.165) is 17.7 Å². The monoisotopic (exact) mass is 184 g/mol. The topological polar surface area (TPSA) is 25.8 Å². The normalized spacial score (nSPS) is 15.8. The van der Waals surface area contributed by atoms with Crippen molar-refractivity contribution < 1.29 is 0 Å². The molecule has 0 atom stereocenters. The van der Waals surface area contributed by atoms with Crippen molar-refractivity contribution in [3.05, 3.63) is 54.2 Å². The van der Waals surface area contributed by atoms with Crippen LogP contribution in [0.4, 0.5) is 0 Å². The van der Waals surface area contributed by atoms with Crippen molar-refractivity contribution in [1.82, 2.24) is 9.97 Å². The fourth-order valence-electron chi connectivity index (χ4n) is 1.35. The molecule has 0 saturated heterocycles. The van der Waals surface area contributed by atoms with Gasteiger partial charge in [-0.1, -0.05) is 29.9 Å². The smallest absolute Gasteiger partial charge is 0.0885 e. The molecular formula is C12H12N2. The Hall–Kier alpha value is -1.70. The van der Waals surface area contributed by atoms with E-state index in [2.05, 4.69) is 41.2 Å². The molecule has 0 radical (unpaired) electrons. The molecule has 1 aromatic rings. The molecule has 0 aromatic carbocycles. The molecule has 1 aliphatic rings. The fourth-order valence-corrected chi connectivity index (χ4v) is 1.35. The highest BCUT2D eigenvalue weighted by atomic mass is 14.8. The average Bonchev–Trinajstić information content (AvgIpc) is 2.44. The minimum atomic E-state index is 0.926. The second-order valence-electron chi connectivity index (χ2n) is 3.33. The van der Waals surface area contributed by atoms with Gasteiger partial charge in [-0.3, -0.25) is 9.97 Å². The van der Waals surface area contributed by atoms with Crippen LogP contribution in [-0.2, 0) is 0 Å². The Kier molecular flexibility index (Phi) is 2.54. The predicted molar refractivity (Wildman–Crippen MR) is 57.5 cm³/mol. The number of rotatable bonds is 1. The van der Waals surface area contributed by atoms with E-state index in [1.165, 1.54) is 5.57 Å². The molecule has 0 aliphatic heterocycles. The van der Waals surface area contributed by atoms with Crippen molar-refractivity contribution in [2.24, 2.45) is 0 Å². The van der Waals surface area contributed by atoms with Gasteiger partial charge in [0.25, 0.3) is 0 Å². The second-order valence-corrected chi connectivity index (χ2v) is 3.33. The average molecular weight is 184 g/mol. The minimum Gasteiger partial charge on any atom is -0.261 e. The Bertz CT molecular complexity index is 400. The van der Waals surface area contributed by atoms with Crippen LogP contribution in [0.3, 0.4) is 0 Å². The molecule has 2 heteroatoms. The summed E-state index contributed by atoms with van der Waals surface area (Å²) in [6.45, 7) is 2.13. The number of allylic oxidation sites excluding steroid dienone is 6. The van der Waals surface area contributed by atoms with Gasteiger partial charge in [0.2, 0.25) is 0 Å². The molecule has 0 fully saturated rings. The zero-order valence-corrected chi connectivity index (χ0v) is 8.14. The van der Waals surface area contributed by atoms with E-state index in [1.807, 2.05) is 0 Å². The fraction of sp³-hybridized carbons (Fsp3) is 0.167. The first kappa shape index (κ1) is 8.88. The first-order chi connectivity index (χ1) is 6.86. The van der Waals surface area contributed by atoms with E-state index in [-0.39, 0.29) is 0 Å². The van der Waals surface area contributed by atoms with Gasteiger partial charge in [0.15, 0.2) is 0 Å². The largest absolute Gasteiger partial charge is 0.261 e. The van der Waals surface area contributed by atoms with Crippen LogP contribution in [0.5, 0.6) is 0 Å². The maximum atomic E-state index is 4.26. The van der Waals surface area contributed by atoms with Crippen LogP contribution in [0.25, 0.3) is 5.57 Å². The van der Waals surface area contributed by atoms with Gasteiger partial charge in [0, 0.05) is 18.0 Å². The zero-order valence-electron chi connectivity index (χ0n) is 8.14. The van der Waals surface area contributed by atoms with Crippen molar-refractivity contribution in [1.29, 1.82) is 0 Å².